The van der Waals surface area contributed by atoms with Gasteiger partial charge in [-0.1, -0.05) is 12.8 Å². The van der Waals surface area contributed by atoms with Gasteiger partial charge in [-0.2, -0.15) is 8.78 Å². The summed E-state index contributed by atoms with van der Waals surface area (Å²) >= 11 is 0. The Morgan fingerprint density at radius 3 is 2.73 bits per heavy atom. The van der Waals surface area contributed by atoms with Crippen molar-refractivity contribution in [1.29, 1.82) is 0 Å². The van der Waals surface area contributed by atoms with Gasteiger partial charge in [-0.15, -0.1) is 0 Å². The molecule has 1 saturated heterocycles. The smallest absolute Gasteiger partial charge is 0.387 e. The number of alkyl halides is 2. The number of fused-ring (bicyclic) bond motifs is 1. The molecule has 2 fully saturated rings. The van der Waals surface area contributed by atoms with Gasteiger partial charge >= 0.3 is 6.61 Å². The fourth-order valence-corrected chi connectivity index (χ4v) is 4.24. The lowest BCUT2D eigenvalue weighted by atomic mass is 10.1. The Bertz CT molecular complexity index is 963. The molecule has 0 radical (unpaired) electrons. The Hall–Kier alpha value is -2.84. The van der Waals surface area contributed by atoms with Gasteiger partial charge in [0.1, 0.15) is 6.04 Å². The van der Waals surface area contributed by atoms with E-state index in [1.807, 2.05) is 4.90 Å². The summed E-state index contributed by atoms with van der Waals surface area (Å²) in [5.41, 5.74) is 0.370. The SMILES string of the molecule is O=C(N[C@H]1CCN(CC2CCCC2)C1=O)c1cnc2cc(OC(F)F)c(F)cc2c1. The summed E-state index contributed by atoms with van der Waals surface area (Å²) in [5.74, 6) is -1.61. The van der Waals surface area contributed by atoms with Crippen molar-refractivity contribution in [2.24, 2.45) is 5.92 Å². The van der Waals surface area contributed by atoms with Gasteiger partial charge in [-0.05, 0) is 37.3 Å². The number of pyridine rings is 1. The maximum Gasteiger partial charge on any atom is 0.387 e. The van der Waals surface area contributed by atoms with E-state index in [1.54, 1.807) is 0 Å². The fourth-order valence-electron chi connectivity index (χ4n) is 4.24. The van der Waals surface area contributed by atoms with Crippen LogP contribution < -0.4 is 10.1 Å². The number of nitrogens with zero attached hydrogens (tertiary/aromatic N) is 2. The standard InChI is InChI=1S/C21H22F3N3O3/c22-15-8-13-7-14(10-25-17(13)9-18(15)30-21(23)24)19(28)26-16-5-6-27(20(16)29)11-12-3-1-2-4-12/h7-10,12,16,21H,1-6,11H2,(H,26,28)/t16-/m0/s1. The quantitative estimate of drug-likeness (QED) is 0.775. The summed E-state index contributed by atoms with van der Waals surface area (Å²) in [6.45, 7) is -1.79. The Morgan fingerprint density at radius 1 is 1.23 bits per heavy atom. The summed E-state index contributed by atoms with van der Waals surface area (Å²) in [6.07, 6.45) is 6.50. The monoisotopic (exact) mass is 421 g/mol. The molecule has 2 aromatic rings. The van der Waals surface area contributed by atoms with E-state index >= 15 is 0 Å². The number of rotatable bonds is 6. The van der Waals surface area contributed by atoms with Crippen molar-refractivity contribution in [3.05, 3.63) is 35.8 Å². The zero-order chi connectivity index (χ0) is 21.3. The van der Waals surface area contributed by atoms with Gasteiger partial charge in [-0.25, -0.2) is 4.39 Å². The highest BCUT2D eigenvalue weighted by atomic mass is 19.3. The van der Waals surface area contributed by atoms with Gasteiger partial charge in [0, 0.05) is 30.7 Å². The van der Waals surface area contributed by atoms with Gasteiger partial charge < -0.3 is 15.0 Å². The Labute approximate surface area is 171 Å². The van der Waals surface area contributed by atoms with Crippen LogP contribution in [-0.2, 0) is 4.79 Å². The minimum Gasteiger partial charge on any atom is -0.432 e. The number of halogens is 3. The van der Waals surface area contributed by atoms with Crippen LogP contribution in [0.5, 0.6) is 5.75 Å². The molecule has 160 valence electrons. The van der Waals surface area contributed by atoms with E-state index in [1.165, 1.54) is 25.1 Å². The van der Waals surface area contributed by atoms with Gasteiger partial charge in [0.05, 0.1) is 11.1 Å². The molecule has 1 aliphatic carbocycles. The van der Waals surface area contributed by atoms with Crippen molar-refractivity contribution >= 4 is 22.7 Å². The first-order chi connectivity index (χ1) is 14.4. The molecule has 1 N–H and O–H groups in total. The van der Waals surface area contributed by atoms with Gasteiger partial charge in [0.15, 0.2) is 11.6 Å². The highest BCUT2D eigenvalue weighted by molar-refractivity contribution is 6.00. The average Bonchev–Trinajstić information content (AvgIpc) is 3.33. The first-order valence-electron chi connectivity index (χ1n) is 10.0. The number of likely N-dealkylation sites (tertiary alicyclic amines) is 1. The Morgan fingerprint density at radius 2 is 2.00 bits per heavy atom. The van der Waals surface area contributed by atoms with Crippen molar-refractivity contribution in [2.45, 2.75) is 44.8 Å². The third kappa shape index (κ3) is 4.34. The lowest BCUT2D eigenvalue weighted by molar-refractivity contribution is -0.129. The number of carbonyl (C=O) groups is 2. The van der Waals surface area contributed by atoms with Crippen LogP contribution in [0.1, 0.15) is 42.5 Å². The molecule has 1 aromatic carbocycles. The second-order valence-corrected chi connectivity index (χ2v) is 7.83. The number of hydrogen-bond acceptors (Lipinski definition) is 4. The molecule has 1 aromatic heterocycles. The van der Waals surface area contributed by atoms with Crippen LogP contribution in [-0.4, -0.2) is 47.4 Å². The molecule has 9 heteroatoms. The van der Waals surface area contributed by atoms with Crippen LogP contribution in [0.2, 0.25) is 0 Å². The number of benzene rings is 1. The third-order valence-corrected chi connectivity index (χ3v) is 5.77. The average molecular weight is 421 g/mol. The molecule has 0 unspecified atom stereocenters. The molecule has 4 rings (SSSR count). The molecule has 0 spiro atoms. The summed E-state index contributed by atoms with van der Waals surface area (Å²) in [4.78, 5) is 31.1. The van der Waals surface area contributed by atoms with E-state index < -0.39 is 30.1 Å². The van der Waals surface area contributed by atoms with Crippen LogP contribution in [0.4, 0.5) is 13.2 Å². The molecule has 30 heavy (non-hydrogen) atoms. The van der Waals surface area contributed by atoms with E-state index in [9.17, 15) is 22.8 Å². The first kappa shape index (κ1) is 20.4. The zero-order valence-corrected chi connectivity index (χ0v) is 16.2. The fraction of sp³-hybridized carbons (Fsp3) is 0.476. The number of nitrogens with one attached hydrogen (secondary N) is 1. The van der Waals surface area contributed by atoms with E-state index in [-0.39, 0.29) is 22.4 Å². The molecular weight excluding hydrogens is 399 g/mol. The second kappa shape index (κ2) is 8.49. The normalized spacial score (nSPS) is 19.8. The Balaban J connectivity index is 1.43. The lowest BCUT2D eigenvalue weighted by Crippen LogP contribution is -2.42. The Kier molecular flexibility index (Phi) is 5.78. The molecular formula is C21H22F3N3O3. The second-order valence-electron chi connectivity index (χ2n) is 7.83. The molecule has 2 amide bonds. The molecule has 2 aliphatic rings. The van der Waals surface area contributed by atoms with Crippen molar-refractivity contribution in [1.82, 2.24) is 15.2 Å². The maximum atomic E-state index is 14.0. The van der Waals surface area contributed by atoms with Crippen molar-refractivity contribution < 1.29 is 27.5 Å². The van der Waals surface area contributed by atoms with Crippen LogP contribution in [0.15, 0.2) is 24.4 Å². The van der Waals surface area contributed by atoms with Crippen LogP contribution in [0.3, 0.4) is 0 Å². The van der Waals surface area contributed by atoms with Crippen LogP contribution >= 0.6 is 0 Å². The zero-order valence-electron chi connectivity index (χ0n) is 16.2. The summed E-state index contributed by atoms with van der Waals surface area (Å²) in [5, 5.41) is 2.99. The summed E-state index contributed by atoms with van der Waals surface area (Å²) < 4.78 is 42.8. The van der Waals surface area contributed by atoms with E-state index in [2.05, 4.69) is 15.0 Å². The third-order valence-electron chi connectivity index (χ3n) is 5.77. The minimum absolute atomic E-state index is 0.0798. The predicted octanol–water partition coefficient (Wildman–Crippen LogP) is 3.50. The number of ether oxygens (including phenoxy) is 1. The highest BCUT2D eigenvalue weighted by Crippen LogP contribution is 2.28. The highest BCUT2D eigenvalue weighted by Gasteiger charge is 2.34. The van der Waals surface area contributed by atoms with E-state index in [4.69, 9.17) is 0 Å². The summed E-state index contributed by atoms with van der Waals surface area (Å²) in [6, 6.07) is 2.86. The molecule has 2 heterocycles. The largest absolute Gasteiger partial charge is 0.432 e. The predicted molar refractivity (Wildman–Crippen MR) is 103 cm³/mol. The first-order valence-corrected chi connectivity index (χ1v) is 10.0. The van der Waals surface area contributed by atoms with Crippen molar-refractivity contribution in [3.8, 4) is 5.75 Å². The van der Waals surface area contributed by atoms with Crippen molar-refractivity contribution in [3.63, 3.8) is 0 Å². The van der Waals surface area contributed by atoms with Gasteiger partial charge in [0.25, 0.3) is 5.91 Å². The van der Waals surface area contributed by atoms with Gasteiger partial charge in [-0.3, -0.25) is 14.6 Å². The number of aromatic nitrogens is 1. The summed E-state index contributed by atoms with van der Waals surface area (Å²) in [7, 11) is 0. The van der Waals surface area contributed by atoms with Crippen LogP contribution in [0.25, 0.3) is 10.9 Å². The lowest BCUT2D eigenvalue weighted by Gasteiger charge is -2.21. The van der Waals surface area contributed by atoms with Crippen LogP contribution in [0, 0.1) is 11.7 Å². The number of amides is 2. The molecule has 0 bridgehead atoms. The number of carbonyl (C=O) groups excluding carboxylic acids is 2. The molecule has 1 saturated carbocycles. The van der Waals surface area contributed by atoms with E-state index in [0.29, 0.717) is 18.9 Å². The topological polar surface area (TPSA) is 71.5 Å². The molecule has 1 atom stereocenters. The number of hydrogen-bond donors (Lipinski definition) is 1. The minimum atomic E-state index is -3.15. The maximum absolute atomic E-state index is 14.0. The van der Waals surface area contributed by atoms with Gasteiger partial charge in [0.2, 0.25) is 5.91 Å². The molecule has 1 aliphatic heterocycles. The van der Waals surface area contributed by atoms with E-state index in [0.717, 1.165) is 31.5 Å². The molecule has 6 nitrogen and oxygen atoms in total. The van der Waals surface area contributed by atoms with Crippen molar-refractivity contribution in [2.75, 3.05) is 13.1 Å².